The zero-order valence-corrected chi connectivity index (χ0v) is 13.1. The lowest BCUT2D eigenvalue weighted by Gasteiger charge is -2.23. The van der Waals surface area contributed by atoms with Crippen LogP contribution < -0.4 is 10.5 Å². The summed E-state index contributed by atoms with van der Waals surface area (Å²) in [7, 11) is 1.57. The second-order valence-corrected chi connectivity index (χ2v) is 5.91. The summed E-state index contributed by atoms with van der Waals surface area (Å²) in [5.74, 6) is 0.665. The number of rotatable bonds is 9. The number of carbonyl (C=O) groups is 1. The average Bonchev–Trinajstić information content (AvgIpc) is 2.79. The molecule has 2 N–H and O–H groups in total. The van der Waals surface area contributed by atoms with Crippen LogP contribution in [0, 0.1) is 5.41 Å². The fourth-order valence-electron chi connectivity index (χ4n) is 2.27. The third kappa shape index (κ3) is 4.34. The number of Topliss-reactive ketones (excluding diaryl/α,β-unsaturated/α-hetero) is 1. The number of aromatic nitrogens is 2. The molecule has 0 saturated heterocycles. The number of hydrogen-bond acceptors (Lipinski definition) is 4. The highest BCUT2D eigenvalue weighted by Gasteiger charge is 2.23. The molecule has 0 aliphatic rings. The van der Waals surface area contributed by atoms with Gasteiger partial charge in [0.1, 0.15) is 5.69 Å². The van der Waals surface area contributed by atoms with E-state index in [9.17, 15) is 4.79 Å². The molecule has 1 aromatic heterocycles. The van der Waals surface area contributed by atoms with Crippen LogP contribution >= 0.6 is 0 Å². The van der Waals surface area contributed by atoms with E-state index in [0.29, 0.717) is 24.4 Å². The van der Waals surface area contributed by atoms with E-state index in [1.54, 1.807) is 18.0 Å². The number of ether oxygens (including phenoxy) is 1. The fourth-order valence-corrected chi connectivity index (χ4v) is 2.27. The molecule has 0 bridgehead atoms. The lowest BCUT2D eigenvalue weighted by atomic mass is 9.83. The largest absolute Gasteiger partial charge is 0.493 e. The summed E-state index contributed by atoms with van der Waals surface area (Å²) in [6.45, 7) is 7.74. The number of nitrogens with zero attached hydrogens (tertiary/aromatic N) is 2. The van der Waals surface area contributed by atoms with Crippen LogP contribution in [0.25, 0.3) is 0 Å². The predicted molar refractivity (Wildman–Crippen MR) is 80.1 cm³/mol. The highest BCUT2D eigenvalue weighted by Crippen LogP contribution is 2.28. The van der Waals surface area contributed by atoms with Gasteiger partial charge in [-0.1, -0.05) is 20.8 Å². The first-order chi connectivity index (χ1) is 9.45. The summed E-state index contributed by atoms with van der Waals surface area (Å²) < 4.78 is 7.00. The van der Waals surface area contributed by atoms with Crippen molar-refractivity contribution >= 4 is 5.78 Å². The van der Waals surface area contributed by atoms with Gasteiger partial charge in [0.25, 0.3) is 0 Å². The number of aryl methyl sites for hydroxylation is 1. The lowest BCUT2D eigenvalue weighted by Crippen LogP contribution is -2.19. The minimum absolute atomic E-state index is 0.0905. The first kappa shape index (κ1) is 16.7. The summed E-state index contributed by atoms with van der Waals surface area (Å²) in [4.78, 5) is 12.5. The SMILES string of the molecule is CCCn1ncc(OC)c1C(=O)CCC(C)(C)CCN. The van der Waals surface area contributed by atoms with Crippen molar-refractivity contribution in [3.05, 3.63) is 11.9 Å². The Morgan fingerprint density at radius 3 is 2.70 bits per heavy atom. The Morgan fingerprint density at radius 1 is 1.45 bits per heavy atom. The van der Waals surface area contributed by atoms with Crippen molar-refractivity contribution in [1.29, 1.82) is 0 Å². The standard InChI is InChI=1S/C15H27N3O2/c1-5-10-18-14(13(20-4)11-17-18)12(19)6-7-15(2,3)8-9-16/h11H,5-10,16H2,1-4H3. The third-order valence-corrected chi connectivity index (χ3v) is 3.58. The Morgan fingerprint density at radius 2 is 2.15 bits per heavy atom. The van der Waals surface area contributed by atoms with Gasteiger partial charge in [0.15, 0.2) is 11.5 Å². The molecule has 114 valence electrons. The molecule has 1 aromatic rings. The van der Waals surface area contributed by atoms with Crippen molar-refractivity contribution in [2.75, 3.05) is 13.7 Å². The van der Waals surface area contributed by atoms with E-state index in [1.165, 1.54) is 0 Å². The Balaban J connectivity index is 2.78. The zero-order chi connectivity index (χ0) is 15.2. The average molecular weight is 281 g/mol. The van der Waals surface area contributed by atoms with Gasteiger partial charge in [0, 0.05) is 13.0 Å². The van der Waals surface area contributed by atoms with Crippen molar-refractivity contribution in [1.82, 2.24) is 9.78 Å². The number of carbonyl (C=O) groups excluding carboxylic acids is 1. The summed E-state index contributed by atoms with van der Waals surface area (Å²) >= 11 is 0. The molecular formula is C15H27N3O2. The maximum absolute atomic E-state index is 12.5. The van der Waals surface area contributed by atoms with Crippen molar-refractivity contribution in [2.24, 2.45) is 11.1 Å². The van der Waals surface area contributed by atoms with E-state index in [-0.39, 0.29) is 11.2 Å². The summed E-state index contributed by atoms with van der Waals surface area (Å²) in [6, 6.07) is 0. The zero-order valence-electron chi connectivity index (χ0n) is 13.1. The van der Waals surface area contributed by atoms with Gasteiger partial charge in [-0.25, -0.2) is 0 Å². The fraction of sp³-hybridized carbons (Fsp3) is 0.733. The van der Waals surface area contributed by atoms with Crippen LogP contribution in [0.4, 0.5) is 0 Å². The maximum Gasteiger partial charge on any atom is 0.184 e. The van der Waals surface area contributed by atoms with E-state index >= 15 is 0 Å². The smallest absolute Gasteiger partial charge is 0.184 e. The number of nitrogens with two attached hydrogens (primary N) is 1. The van der Waals surface area contributed by atoms with Gasteiger partial charge in [-0.05, 0) is 31.2 Å². The summed E-state index contributed by atoms with van der Waals surface area (Å²) in [6.07, 6.45) is 4.80. The normalized spacial score (nSPS) is 11.7. The van der Waals surface area contributed by atoms with E-state index in [4.69, 9.17) is 10.5 Å². The molecule has 0 atom stereocenters. The molecule has 1 rings (SSSR count). The van der Waals surface area contributed by atoms with E-state index in [2.05, 4.69) is 25.9 Å². The van der Waals surface area contributed by atoms with Crippen LogP contribution in [0.1, 0.15) is 56.9 Å². The molecule has 0 aromatic carbocycles. The lowest BCUT2D eigenvalue weighted by molar-refractivity contribution is 0.0947. The van der Waals surface area contributed by atoms with Gasteiger partial charge in [-0.2, -0.15) is 5.10 Å². The molecule has 0 spiro atoms. The molecule has 20 heavy (non-hydrogen) atoms. The van der Waals surface area contributed by atoms with Gasteiger partial charge in [-0.15, -0.1) is 0 Å². The number of methoxy groups -OCH3 is 1. The molecule has 0 saturated carbocycles. The van der Waals surface area contributed by atoms with Crippen LogP contribution in [-0.4, -0.2) is 29.2 Å². The summed E-state index contributed by atoms with van der Waals surface area (Å²) in [5.41, 5.74) is 6.29. The van der Waals surface area contributed by atoms with E-state index < -0.39 is 0 Å². The monoisotopic (exact) mass is 281 g/mol. The minimum atomic E-state index is 0.0905. The quantitative estimate of drug-likeness (QED) is 0.706. The Hall–Kier alpha value is -1.36. The Labute approximate surface area is 121 Å². The Bertz CT molecular complexity index is 438. The molecule has 0 unspecified atom stereocenters. The molecule has 0 amide bonds. The molecular weight excluding hydrogens is 254 g/mol. The molecule has 0 aliphatic heterocycles. The second-order valence-electron chi connectivity index (χ2n) is 5.91. The highest BCUT2D eigenvalue weighted by atomic mass is 16.5. The van der Waals surface area contributed by atoms with Gasteiger partial charge in [0.2, 0.25) is 0 Å². The molecule has 5 nitrogen and oxygen atoms in total. The molecule has 1 heterocycles. The maximum atomic E-state index is 12.5. The van der Waals surface area contributed by atoms with Crippen molar-refractivity contribution in [2.45, 2.75) is 53.0 Å². The van der Waals surface area contributed by atoms with Crippen molar-refractivity contribution in [3.63, 3.8) is 0 Å². The van der Waals surface area contributed by atoms with Gasteiger partial charge < -0.3 is 10.5 Å². The van der Waals surface area contributed by atoms with Gasteiger partial charge >= 0.3 is 0 Å². The first-order valence-corrected chi connectivity index (χ1v) is 7.28. The molecule has 5 heteroatoms. The highest BCUT2D eigenvalue weighted by molar-refractivity contribution is 5.97. The van der Waals surface area contributed by atoms with Gasteiger partial charge in [0.05, 0.1) is 13.3 Å². The van der Waals surface area contributed by atoms with Crippen LogP contribution in [-0.2, 0) is 6.54 Å². The Kier molecular flexibility index (Phi) is 6.20. The van der Waals surface area contributed by atoms with Crippen LogP contribution in [0.5, 0.6) is 5.75 Å². The number of ketones is 1. The van der Waals surface area contributed by atoms with E-state index in [0.717, 1.165) is 25.8 Å². The molecule has 0 aliphatic carbocycles. The molecule has 0 radical (unpaired) electrons. The topological polar surface area (TPSA) is 70.1 Å². The van der Waals surface area contributed by atoms with E-state index in [1.807, 2.05) is 0 Å². The van der Waals surface area contributed by atoms with Gasteiger partial charge in [-0.3, -0.25) is 9.48 Å². The summed E-state index contributed by atoms with van der Waals surface area (Å²) in [5, 5.41) is 4.23. The first-order valence-electron chi connectivity index (χ1n) is 7.28. The van der Waals surface area contributed by atoms with Crippen molar-refractivity contribution < 1.29 is 9.53 Å². The number of hydrogen-bond donors (Lipinski definition) is 1. The van der Waals surface area contributed by atoms with Crippen LogP contribution in [0.2, 0.25) is 0 Å². The minimum Gasteiger partial charge on any atom is -0.493 e. The second kappa shape index (κ2) is 7.43. The molecule has 0 fully saturated rings. The van der Waals surface area contributed by atoms with Crippen LogP contribution in [0.15, 0.2) is 6.20 Å². The predicted octanol–water partition coefficient (Wildman–Crippen LogP) is 2.64. The third-order valence-electron chi connectivity index (χ3n) is 3.58. The van der Waals surface area contributed by atoms with Crippen molar-refractivity contribution in [3.8, 4) is 5.75 Å². The van der Waals surface area contributed by atoms with Crippen LogP contribution in [0.3, 0.4) is 0 Å².